The zero-order chi connectivity index (χ0) is 13.5. The Morgan fingerprint density at radius 1 is 1.05 bits per heavy atom. The molecule has 2 N–H and O–H groups in total. The van der Waals surface area contributed by atoms with E-state index in [4.69, 9.17) is 5.73 Å². The van der Waals surface area contributed by atoms with E-state index in [1.165, 1.54) is 4.70 Å². The molecule has 0 amide bonds. The van der Waals surface area contributed by atoms with Crippen LogP contribution in [0.3, 0.4) is 0 Å². The number of fused-ring (bicyclic) bond motifs is 3. The fraction of sp³-hybridized carbons (Fsp3) is 0. The Labute approximate surface area is 118 Å². The van der Waals surface area contributed by atoms with Crippen LogP contribution in [0, 0.1) is 0 Å². The highest BCUT2D eigenvalue weighted by Crippen LogP contribution is 2.34. The monoisotopic (exact) mass is 278 g/mol. The van der Waals surface area contributed by atoms with Gasteiger partial charge in [-0.3, -0.25) is 4.98 Å². The van der Waals surface area contributed by atoms with Gasteiger partial charge in [0.25, 0.3) is 0 Å². The van der Waals surface area contributed by atoms with E-state index >= 15 is 0 Å². The Balaban J connectivity index is 2.03. The van der Waals surface area contributed by atoms with E-state index in [1.807, 2.05) is 36.5 Å². The molecule has 96 valence electrons. The van der Waals surface area contributed by atoms with Crippen molar-refractivity contribution in [2.24, 2.45) is 0 Å². The largest absolute Gasteiger partial charge is 0.399 e. The molecule has 5 heteroatoms. The first-order chi connectivity index (χ1) is 9.81. The molecule has 0 aliphatic heterocycles. The number of nitrogens with zero attached hydrogens (tertiary/aromatic N) is 3. The Morgan fingerprint density at radius 2 is 2.00 bits per heavy atom. The van der Waals surface area contributed by atoms with Crippen molar-refractivity contribution < 1.29 is 0 Å². The van der Waals surface area contributed by atoms with E-state index in [2.05, 4.69) is 15.0 Å². The standard InChI is InChI=1S/C15H10N4S/c16-10-3-4-12-11(6-10)14-13(20-12)8-18-15(19-14)9-2-1-5-17-7-9/h1-8H,16H2. The van der Waals surface area contributed by atoms with Gasteiger partial charge >= 0.3 is 0 Å². The molecule has 0 bridgehead atoms. The third kappa shape index (κ3) is 1.71. The number of hydrogen-bond acceptors (Lipinski definition) is 5. The molecule has 0 spiro atoms. The summed E-state index contributed by atoms with van der Waals surface area (Å²) in [6.45, 7) is 0. The van der Waals surface area contributed by atoms with E-state index in [1.54, 1.807) is 23.7 Å². The van der Waals surface area contributed by atoms with E-state index in [0.29, 0.717) is 5.82 Å². The molecule has 3 aromatic heterocycles. The first-order valence-electron chi connectivity index (χ1n) is 6.16. The van der Waals surface area contributed by atoms with Gasteiger partial charge in [-0.05, 0) is 30.3 Å². The molecule has 0 saturated carbocycles. The van der Waals surface area contributed by atoms with Gasteiger partial charge in [0.2, 0.25) is 0 Å². The summed E-state index contributed by atoms with van der Waals surface area (Å²) in [5.74, 6) is 0.688. The van der Waals surface area contributed by atoms with E-state index < -0.39 is 0 Å². The Hall–Kier alpha value is -2.53. The highest BCUT2D eigenvalue weighted by atomic mass is 32.1. The lowest BCUT2D eigenvalue weighted by Crippen LogP contribution is -1.89. The predicted molar refractivity (Wildman–Crippen MR) is 82.6 cm³/mol. The Morgan fingerprint density at radius 3 is 2.85 bits per heavy atom. The van der Waals surface area contributed by atoms with Gasteiger partial charge in [0.1, 0.15) is 0 Å². The molecule has 3 heterocycles. The number of aromatic nitrogens is 3. The molecule has 0 unspecified atom stereocenters. The average Bonchev–Trinajstić information content (AvgIpc) is 2.85. The van der Waals surface area contributed by atoms with Gasteiger partial charge in [0, 0.05) is 39.9 Å². The summed E-state index contributed by atoms with van der Waals surface area (Å²) in [7, 11) is 0. The summed E-state index contributed by atoms with van der Waals surface area (Å²) in [4.78, 5) is 13.2. The number of nitrogens with two attached hydrogens (primary N) is 1. The van der Waals surface area contributed by atoms with Gasteiger partial charge in [-0.15, -0.1) is 11.3 Å². The van der Waals surface area contributed by atoms with Gasteiger partial charge < -0.3 is 5.73 Å². The van der Waals surface area contributed by atoms with Crippen molar-refractivity contribution in [3.05, 3.63) is 48.9 Å². The molecule has 4 rings (SSSR count). The second-order valence-electron chi connectivity index (χ2n) is 4.51. The van der Waals surface area contributed by atoms with Crippen LogP contribution in [0.5, 0.6) is 0 Å². The third-order valence-electron chi connectivity index (χ3n) is 3.15. The molecule has 4 nitrogen and oxygen atoms in total. The molecule has 0 saturated heterocycles. The molecule has 0 aliphatic rings. The first-order valence-corrected chi connectivity index (χ1v) is 6.98. The van der Waals surface area contributed by atoms with Crippen LogP contribution in [0.15, 0.2) is 48.9 Å². The molecular weight excluding hydrogens is 268 g/mol. The number of rotatable bonds is 1. The molecule has 20 heavy (non-hydrogen) atoms. The fourth-order valence-corrected chi connectivity index (χ4v) is 3.21. The summed E-state index contributed by atoms with van der Waals surface area (Å²) >= 11 is 1.68. The number of nitrogen functional groups attached to an aromatic ring is 1. The second-order valence-corrected chi connectivity index (χ2v) is 5.59. The minimum absolute atomic E-state index is 0.688. The first kappa shape index (κ1) is 11.3. The SMILES string of the molecule is Nc1ccc2sc3cnc(-c4cccnc4)nc3c2c1. The van der Waals surface area contributed by atoms with Crippen molar-refractivity contribution in [3.8, 4) is 11.4 Å². The summed E-state index contributed by atoms with van der Waals surface area (Å²) in [6.07, 6.45) is 5.37. The van der Waals surface area contributed by atoms with Crippen LogP contribution in [0.25, 0.3) is 31.7 Å². The molecule has 0 fully saturated rings. The molecule has 0 atom stereocenters. The maximum absolute atomic E-state index is 5.87. The molecular formula is C15H10N4S. The van der Waals surface area contributed by atoms with Gasteiger partial charge in [0.05, 0.1) is 10.2 Å². The number of thiophene rings is 1. The zero-order valence-corrected chi connectivity index (χ0v) is 11.3. The van der Waals surface area contributed by atoms with Crippen molar-refractivity contribution in [1.82, 2.24) is 15.0 Å². The second kappa shape index (κ2) is 4.25. The number of pyridine rings is 1. The van der Waals surface area contributed by atoms with Crippen molar-refractivity contribution in [2.75, 3.05) is 5.73 Å². The number of anilines is 1. The van der Waals surface area contributed by atoms with Crippen molar-refractivity contribution in [1.29, 1.82) is 0 Å². The minimum atomic E-state index is 0.688. The topological polar surface area (TPSA) is 64.7 Å². The molecule has 0 radical (unpaired) electrons. The van der Waals surface area contributed by atoms with Crippen molar-refractivity contribution >= 4 is 37.3 Å². The van der Waals surface area contributed by atoms with E-state index in [9.17, 15) is 0 Å². The van der Waals surface area contributed by atoms with Gasteiger partial charge in [-0.25, -0.2) is 9.97 Å². The van der Waals surface area contributed by atoms with Crippen LogP contribution in [-0.2, 0) is 0 Å². The lowest BCUT2D eigenvalue weighted by atomic mass is 10.2. The normalized spacial score (nSPS) is 11.2. The van der Waals surface area contributed by atoms with Crippen LogP contribution in [0.1, 0.15) is 0 Å². The highest BCUT2D eigenvalue weighted by molar-refractivity contribution is 7.25. The maximum atomic E-state index is 5.87. The van der Waals surface area contributed by atoms with Crippen molar-refractivity contribution in [3.63, 3.8) is 0 Å². The van der Waals surface area contributed by atoms with Crippen LogP contribution >= 0.6 is 11.3 Å². The number of hydrogen-bond donors (Lipinski definition) is 1. The number of benzene rings is 1. The van der Waals surface area contributed by atoms with Crippen LogP contribution in [-0.4, -0.2) is 15.0 Å². The smallest absolute Gasteiger partial charge is 0.161 e. The third-order valence-corrected chi connectivity index (χ3v) is 4.25. The summed E-state index contributed by atoms with van der Waals surface area (Å²) in [5, 5.41) is 1.08. The summed E-state index contributed by atoms with van der Waals surface area (Å²) in [6, 6.07) is 9.74. The lowest BCUT2D eigenvalue weighted by molar-refractivity contribution is 1.21. The fourth-order valence-electron chi connectivity index (χ4n) is 2.21. The zero-order valence-electron chi connectivity index (χ0n) is 10.4. The lowest BCUT2D eigenvalue weighted by Gasteiger charge is -1.99. The van der Waals surface area contributed by atoms with Crippen LogP contribution in [0.4, 0.5) is 5.69 Å². The average molecular weight is 278 g/mol. The van der Waals surface area contributed by atoms with Gasteiger partial charge in [-0.2, -0.15) is 0 Å². The summed E-state index contributed by atoms with van der Waals surface area (Å²) in [5.41, 5.74) is 8.49. The quantitative estimate of drug-likeness (QED) is 0.541. The molecule has 4 aromatic rings. The molecule has 1 aromatic carbocycles. The van der Waals surface area contributed by atoms with Crippen LogP contribution in [0.2, 0.25) is 0 Å². The maximum Gasteiger partial charge on any atom is 0.161 e. The highest BCUT2D eigenvalue weighted by Gasteiger charge is 2.09. The van der Waals surface area contributed by atoms with E-state index in [-0.39, 0.29) is 0 Å². The minimum Gasteiger partial charge on any atom is -0.399 e. The predicted octanol–water partition coefficient (Wildman–Crippen LogP) is 3.49. The van der Waals surface area contributed by atoms with Gasteiger partial charge in [0.15, 0.2) is 5.82 Å². The van der Waals surface area contributed by atoms with Crippen LogP contribution < -0.4 is 5.73 Å². The Bertz CT molecular complexity index is 915. The van der Waals surface area contributed by atoms with Crippen molar-refractivity contribution in [2.45, 2.75) is 0 Å². The van der Waals surface area contributed by atoms with Gasteiger partial charge in [-0.1, -0.05) is 0 Å². The molecule has 0 aliphatic carbocycles. The Kier molecular flexibility index (Phi) is 2.40. The van der Waals surface area contributed by atoms with E-state index in [0.717, 1.165) is 26.9 Å². The summed E-state index contributed by atoms with van der Waals surface area (Å²) < 4.78 is 2.24.